The van der Waals surface area contributed by atoms with Gasteiger partial charge in [-0.2, -0.15) is 0 Å². The van der Waals surface area contributed by atoms with E-state index in [0.29, 0.717) is 30.6 Å². The minimum atomic E-state index is -3.36. The molecule has 24 heavy (non-hydrogen) atoms. The predicted octanol–water partition coefficient (Wildman–Crippen LogP) is 1.55. The number of carbonyl (C=O) groups excluding carboxylic acids is 1. The van der Waals surface area contributed by atoms with Crippen LogP contribution in [0.5, 0.6) is 0 Å². The first-order valence-electron chi connectivity index (χ1n) is 8.09. The molecule has 8 heteroatoms. The van der Waals surface area contributed by atoms with Crippen molar-refractivity contribution in [2.24, 2.45) is 0 Å². The first kappa shape index (κ1) is 18.7. The fraction of sp³-hybridized carbons (Fsp3) is 0.562. The van der Waals surface area contributed by atoms with Crippen molar-refractivity contribution in [2.75, 3.05) is 36.0 Å². The Bertz CT molecular complexity index is 670. The molecule has 1 fully saturated rings. The zero-order valence-electron chi connectivity index (χ0n) is 14.1. The summed E-state index contributed by atoms with van der Waals surface area (Å²) in [6.07, 6.45) is 1.73. The molecule has 0 aromatic heterocycles. The van der Waals surface area contributed by atoms with E-state index < -0.39 is 15.6 Å². The van der Waals surface area contributed by atoms with E-state index in [-0.39, 0.29) is 11.7 Å². The number of hydrogen-bond donors (Lipinski definition) is 3. The highest BCUT2D eigenvalue weighted by Gasteiger charge is 2.39. The summed E-state index contributed by atoms with van der Waals surface area (Å²) in [6.45, 7) is 3.25. The van der Waals surface area contributed by atoms with E-state index in [0.717, 1.165) is 13.1 Å². The van der Waals surface area contributed by atoms with Crippen molar-refractivity contribution in [3.05, 3.63) is 24.3 Å². The molecule has 3 N–H and O–H groups in total. The number of rotatable bonds is 7. The van der Waals surface area contributed by atoms with Crippen LogP contribution in [0.2, 0.25) is 0 Å². The molecule has 134 valence electrons. The fourth-order valence-corrected chi connectivity index (χ4v) is 3.88. The number of anilines is 2. The number of ether oxygens (including phenoxy) is 1. The van der Waals surface area contributed by atoms with Gasteiger partial charge in [0.05, 0.1) is 11.4 Å². The molecule has 0 radical (unpaired) electrons. The van der Waals surface area contributed by atoms with Crippen LogP contribution in [0.15, 0.2) is 24.3 Å². The molecule has 2 rings (SSSR count). The summed E-state index contributed by atoms with van der Waals surface area (Å²) >= 11 is 0. The Morgan fingerprint density at radius 3 is 2.58 bits per heavy atom. The molecule has 0 unspecified atom stereocenters. The second kappa shape index (κ2) is 7.96. The minimum absolute atomic E-state index is 0.0589. The summed E-state index contributed by atoms with van der Waals surface area (Å²) in [4.78, 5) is 12.6. The molecule has 1 saturated heterocycles. The van der Waals surface area contributed by atoms with Crippen LogP contribution in [0, 0.1) is 0 Å². The lowest BCUT2D eigenvalue weighted by atomic mass is 9.91. The van der Waals surface area contributed by atoms with Gasteiger partial charge < -0.3 is 15.4 Å². The minimum Gasteiger partial charge on any atom is -0.368 e. The second-order valence-corrected chi connectivity index (χ2v) is 7.75. The van der Waals surface area contributed by atoms with Crippen molar-refractivity contribution < 1.29 is 17.9 Å². The highest BCUT2D eigenvalue weighted by molar-refractivity contribution is 7.92. The Morgan fingerprint density at radius 1 is 1.29 bits per heavy atom. The smallest absolute Gasteiger partial charge is 0.256 e. The van der Waals surface area contributed by atoms with Crippen LogP contribution in [0.1, 0.15) is 26.2 Å². The number of nitrogens with one attached hydrogen (secondary N) is 3. The Kier molecular flexibility index (Phi) is 6.20. The maximum atomic E-state index is 12.6. The lowest BCUT2D eigenvalue weighted by Gasteiger charge is -2.34. The van der Waals surface area contributed by atoms with Crippen LogP contribution in [-0.4, -0.2) is 45.9 Å². The number of benzene rings is 1. The van der Waals surface area contributed by atoms with Gasteiger partial charge in [-0.1, -0.05) is 13.0 Å². The number of methoxy groups -OCH3 is 1. The van der Waals surface area contributed by atoms with Gasteiger partial charge in [-0.3, -0.25) is 9.52 Å². The van der Waals surface area contributed by atoms with Crippen LogP contribution >= 0.6 is 0 Å². The van der Waals surface area contributed by atoms with E-state index >= 15 is 0 Å². The van der Waals surface area contributed by atoms with Crippen molar-refractivity contribution in [3.8, 4) is 0 Å². The standard InChI is InChI=1S/C16H25N3O4S/c1-3-11-24(21,22)19-14-6-4-5-13(12-14)18-15(20)16(23-2)7-9-17-10-8-16/h4-6,12,17,19H,3,7-11H2,1-2H3,(H,18,20). The molecule has 0 spiro atoms. The summed E-state index contributed by atoms with van der Waals surface area (Å²) in [6, 6.07) is 6.68. The molecule has 1 aliphatic rings. The lowest BCUT2D eigenvalue weighted by molar-refractivity contribution is -0.140. The SMILES string of the molecule is CCCS(=O)(=O)Nc1cccc(NC(=O)C2(OC)CCNCC2)c1. The van der Waals surface area contributed by atoms with Crippen molar-refractivity contribution >= 4 is 27.3 Å². The molecule has 7 nitrogen and oxygen atoms in total. The van der Waals surface area contributed by atoms with Crippen LogP contribution in [0.25, 0.3) is 0 Å². The molecule has 0 saturated carbocycles. The molecule has 1 aromatic carbocycles. The monoisotopic (exact) mass is 355 g/mol. The van der Waals surface area contributed by atoms with Crippen molar-refractivity contribution in [2.45, 2.75) is 31.8 Å². The molecule has 0 bridgehead atoms. The normalized spacial score (nSPS) is 17.2. The summed E-state index contributed by atoms with van der Waals surface area (Å²) in [5.74, 6) is -0.149. The number of hydrogen-bond acceptors (Lipinski definition) is 5. The van der Waals surface area contributed by atoms with Crippen molar-refractivity contribution in [3.63, 3.8) is 0 Å². The Balaban J connectivity index is 2.10. The summed E-state index contributed by atoms with van der Waals surface area (Å²) in [5, 5.41) is 6.04. The third kappa shape index (κ3) is 4.68. The van der Waals surface area contributed by atoms with Gasteiger partial charge in [0.25, 0.3) is 5.91 Å². The Labute approximate surface area is 143 Å². The van der Waals surface area contributed by atoms with Gasteiger partial charge in [0.1, 0.15) is 5.60 Å². The highest BCUT2D eigenvalue weighted by Crippen LogP contribution is 2.25. The van der Waals surface area contributed by atoms with Gasteiger partial charge in [0.2, 0.25) is 10.0 Å². The van der Waals surface area contributed by atoms with E-state index in [9.17, 15) is 13.2 Å². The molecule has 1 heterocycles. The third-order valence-corrected chi connectivity index (χ3v) is 5.57. The van der Waals surface area contributed by atoms with Gasteiger partial charge in [-0.05, 0) is 50.6 Å². The number of carbonyl (C=O) groups is 1. The maximum Gasteiger partial charge on any atom is 0.256 e. The highest BCUT2D eigenvalue weighted by atomic mass is 32.2. The number of amides is 1. The second-order valence-electron chi connectivity index (χ2n) is 5.90. The van der Waals surface area contributed by atoms with E-state index in [1.807, 2.05) is 0 Å². The van der Waals surface area contributed by atoms with Crippen LogP contribution < -0.4 is 15.4 Å². The van der Waals surface area contributed by atoms with Gasteiger partial charge >= 0.3 is 0 Å². The van der Waals surface area contributed by atoms with Gasteiger partial charge in [0.15, 0.2) is 0 Å². The molecule has 1 aliphatic heterocycles. The first-order valence-corrected chi connectivity index (χ1v) is 9.74. The van der Waals surface area contributed by atoms with Crippen molar-refractivity contribution in [1.29, 1.82) is 0 Å². The topological polar surface area (TPSA) is 96.5 Å². The zero-order chi connectivity index (χ0) is 17.6. The predicted molar refractivity (Wildman–Crippen MR) is 94.6 cm³/mol. The van der Waals surface area contributed by atoms with E-state index in [2.05, 4.69) is 15.4 Å². The zero-order valence-corrected chi connectivity index (χ0v) is 14.9. The molecular formula is C16H25N3O4S. The molecule has 1 amide bonds. The first-order chi connectivity index (χ1) is 11.4. The largest absolute Gasteiger partial charge is 0.368 e. The molecule has 0 aliphatic carbocycles. The van der Waals surface area contributed by atoms with Gasteiger partial charge in [-0.25, -0.2) is 8.42 Å². The van der Waals surface area contributed by atoms with Crippen molar-refractivity contribution in [1.82, 2.24) is 5.32 Å². The quantitative estimate of drug-likeness (QED) is 0.689. The molecule has 0 atom stereocenters. The Hall–Kier alpha value is -1.64. The molecule has 1 aromatic rings. The average Bonchev–Trinajstić information content (AvgIpc) is 2.55. The average molecular weight is 355 g/mol. The van der Waals surface area contributed by atoms with E-state index in [1.165, 1.54) is 0 Å². The van der Waals surface area contributed by atoms with Gasteiger partial charge in [0, 0.05) is 12.8 Å². The summed E-state index contributed by atoms with van der Waals surface area (Å²) in [7, 11) is -1.82. The van der Waals surface area contributed by atoms with Crippen LogP contribution in [0.3, 0.4) is 0 Å². The Morgan fingerprint density at radius 2 is 1.96 bits per heavy atom. The van der Waals surface area contributed by atoms with Crippen LogP contribution in [-0.2, 0) is 19.6 Å². The fourth-order valence-electron chi connectivity index (χ4n) is 2.76. The maximum absolute atomic E-state index is 12.6. The van der Waals surface area contributed by atoms with E-state index in [4.69, 9.17) is 4.74 Å². The molecular weight excluding hydrogens is 330 g/mol. The lowest BCUT2D eigenvalue weighted by Crippen LogP contribution is -2.51. The third-order valence-electron chi connectivity index (χ3n) is 4.08. The number of sulfonamides is 1. The summed E-state index contributed by atoms with van der Waals surface area (Å²) in [5.41, 5.74) is 0.118. The summed E-state index contributed by atoms with van der Waals surface area (Å²) < 4.78 is 31.7. The van der Waals surface area contributed by atoms with E-state index in [1.54, 1.807) is 38.3 Å². The number of piperidine rings is 1. The van der Waals surface area contributed by atoms with Gasteiger partial charge in [-0.15, -0.1) is 0 Å². The van der Waals surface area contributed by atoms with Crippen LogP contribution in [0.4, 0.5) is 11.4 Å².